The summed E-state index contributed by atoms with van der Waals surface area (Å²) >= 11 is 0. The van der Waals surface area contributed by atoms with Gasteiger partial charge in [0, 0.05) is 6.54 Å². The summed E-state index contributed by atoms with van der Waals surface area (Å²) in [6.45, 7) is 2.19. The molecule has 2 nitrogen and oxygen atoms in total. The van der Waals surface area contributed by atoms with E-state index in [9.17, 15) is 5.11 Å². The molecule has 0 bridgehead atoms. The second kappa shape index (κ2) is 3.11. The third kappa shape index (κ3) is 1.74. The number of aliphatic hydroxyl groups excluding tert-OH is 1. The van der Waals surface area contributed by atoms with E-state index in [1.54, 1.807) is 0 Å². The Kier molecular flexibility index (Phi) is 2.14. The van der Waals surface area contributed by atoms with Gasteiger partial charge in [-0.2, -0.15) is 0 Å². The van der Waals surface area contributed by atoms with Crippen LogP contribution in [0.15, 0.2) is 0 Å². The van der Waals surface area contributed by atoms with Crippen LogP contribution in [0.25, 0.3) is 0 Å². The van der Waals surface area contributed by atoms with E-state index in [0.717, 1.165) is 13.1 Å². The third-order valence-corrected chi connectivity index (χ3v) is 2.92. The lowest BCUT2D eigenvalue weighted by atomic mass is 9.91. The van der Waals surface area contributed by atoms with Crippen molar-refractivity contribution in [2.45, 2.75) is 31.8 Å². The van der Waals surface area contributed by atoms with Crippen molar-refractivity contribution in [3.8, 4) is 0 Å². The maximum Gasteiger partial charge on any atom is 0.0608 e. The van der Waals surface area contributed by atoms with Crippen LogP contribution >= 0.6 is 0 Å². The molecule has 1 aliphatic heterocycles. The highest BCUT2D eigenvalue weighted by Gasteiger charge is 2.35. The minimum atomic E-state index is 0.00259. The number of nitrogens with one attached hydrogen (secondary N) is 1. The Morgan fingerprint density at radius 1 is 1.18 bits per heavy atom. The largest absolute Gasteiger partial charge is 0.393 e. The van der Waals surface area contributed by atoms with Gasteiger partial charge in [-0.05, 0) is 44.1 Å². The minimum absolute atomic E-state index is 0.00259. The van der Waals surface area contributed by atoms with Crippen molar-refractivity contribution in [3.05, 3.63) is 0 Å². The summed E-state index contributed by atoms with van der Waals surface area (Å²) in [5, 5.41) is 13.1. The predicted molar refractivity (Wildman–Crippen MR) is 44.3 cm³/mol. The van der Waals surface area contributed by atoms with E-state index < -0.39 is 0 Å². The van der Waals surface area contributed by atoms with Crippen LogP contribution in [0, 0.1) is 11.8 Å². The Labute approximate surface area is 68.0 Å². The first-order valence-electron chi connectivity index (χ1n) is 4.76. The molecular formula is C9H17NO. The predicted octanol–water partition coefficient (Wildman–Crippen LogP) is 0.757. The molecule has 1 saturated heterocycles. The smallest absolute Gasteiger partial charge is 0.0608 e. The van der Waals surface area contributed by atoms with Gasteiger partial charge in [0.25, 0.3) is 0 Å². The highest BCUT2D eigenvalue weighted by molar-refractivity contribution is 4.87. The summed E-state index contributed by atoms with van der Waals surface area (Å²) in [5.74, 6) is 1.20. The number of rotatable bonds is 2. The zero-order valence-corrected chi connectivity index (χ0v) is 6.92. The van der Waals surface area contributed by atoms with Crippen LogP contribution in [0.3, 0.4) is 0 Å². The number of aliphatic hydroxyl groups is 1. The first kappa shape index (κ1) is 7.56. The van der Waals surface area contributed by atoms with Crippen molar-refractivity contribution < 1.29 is 5.11 Å². The second-order valence-electron chi connectivity index (χ2n) is 3.93. The van der Waals surface area contributed by atoms with Gasteiger partial charge in [-0.25, -0.2) is 0 Å². The molecule has 2 rings (SSSR count). The van der Waals surface area contributed by atoms with Crippen molar-refractivity contribution in [1.29, 1.82) is 0 Å². The molecular weight excluding hydrogens is 138 g/mol. The lowest BCUT2D eigenvalue weighted by Crippen LogP contribution is -2.37. The van der Waals surface area contributed by atoms with Gasteiger partial charge in [0.15, 0.2) is 0 Å². The van der Waals surface area contributed by atoms with Gasteiger partial charge in [0.2, 0.25) is 0 Å². The topological polar surface area (TPSA) is 32.3 Å². The first-order valence-corrected chi connectivity index (χ1v) is 4.76. The highest BCUT2D eigenvalue weighted by atomic mass is 16.3. The maximum atomic E-state index is 9.77. The second-order valence-corrected chi connectivity index (χ2v) is 3.93. The highest BCUT2D eigenvalue weighted by Crippen LogP contribution is 2.37. The quantitative estimate of drug-likeness (QED) is 0.617. The van der Waals surface area contributed by atoms with Gasteiger partial charge in [-0.3, -0.25) is 0 Å². The zero-order chi connectivity index (χ0) is 7.68. The summed E-state index contributed by atoms with van der Waals surface area (Å²) in [7, 11) is 0. The van der Waals surface area contributed by atoms with E-state index in [1.807, 2.05) is 0 Å². The molecule has 2 fully saturated rings. The zero-order valence-electron chi connectivity index (χ0n) is 6.92. The van der Waals surface area contributed by atoms with Crippen LogP contribution in [0.4, 0.5) is 0 Å². The van der Waals surface area contributed by atoms with E-state index in [1.165, 1.54) is 25.7 Å². The van der Waals surface area contributed by atoms with Crippen molar-refractivity contribution >= 4 is 0 Å². The Bertz CT molecular complexity index is 128. The third-order valence-electron chi connectivity index (χ3n) is 2.92. The number of hydrogen-bond donors (Lipinski definition) is 2. The first-order chi connectivity index (χ1) is 5.38. The fourth-order valence-electron chi connectivity index (χ4n) is 1.99. The van der Waals surface area contributed by atoms with Gasteiger partial charge < -0.3 is 10.4 Å². The summed E-state index contributed by atoms with van der Waals surface area (Å²) < 4.78 is 0. The molecule has 1 saturated carbocycles. The van der Waals surface area contributed by atoms with Crippen molar-refractivity contribution in [1.82, 2.24) is 5.32 Å². The molecule has 2 aliphatic rings. The van der Waals surface area contributed by atoms with E-state index in [2.05, 4.69) is 5.32 Å². The standard InChI is InChI=1S/C9H17NO/c11-9(7-3-4-7)8-2-1-5-10-6-8/h7-11H,1-6H2. The molecule has 64 valence electrons. The van der Waals surface area contributed by atoms with Crippen LogP contribution in [-0.4, -0.2) is 24.3 Å². The van der Waals surface area contributed by atoms with Crippen LogP contribution < -0.4 is 5.32 Å². The fraction of sp³-hybridized carbons (Fsp3) is 1.00. The van der Waals surface area contributed by atoms with Crippen molar-refractivity contribution in [2.75, 3.05) is 13.1 Å². The summed E-state index contributed by atoms with van der Waals surface area (Å²) in [6.07, 6.45) is 5.00. The van der Waals surface area contributed by atoms with Gasteiger partial charge in [-0.1, -0.05) is 0 Å². The molecule has 2 heteroatoms. The van der Waals surface area contributed by atoms with Gasteiger partial charge in [0.1, 0.15) is 0 Å². The van der Waals surface area contributed by atoms with Crippen LogP contribution in [0.2, 0.25) is 0 Å². The van der Waals surface area contributed by atoms with Crippen LogP contribution in [0.1, 0.15) is 25.7 Å². The van der Waals surface area contributed by atoms with E-state index in [-0.39, 0.29) is 6.10 Å². The normalized spacial score (nSPS) is 35.2. The summed E-state index contributed by atoms with van der Waals surface area (Å²) in [6, 6.07) is 0. The van der Waals surface area contributed by atoms with Crippen molar-refractivity contribution in [2.24, 2.45) is 11.8 Å². The summed E-state index contributed by atoms with van der Waals surface area (Å²) in [5.41, 5.74) is 0. The Morgan fingerprint density at radius 2 is 2.00 bits per heavy atom. The molecule has 2 unspecified atom stereocenters. The molecule has 1 aliphatic carbocycles. The molecule has 0 amide bonds. The molecule has 1 heterocycles. The maximum absolute atomic E-state index is 9.77. The Hall–Kier alpha value is -0.0800. The average Bonchev–Trinajstić information content (AvgIpc) is 2.87. The van der Waals surface area contributed by atoms with Gasteiger partial charge in [-0.15, -0.1) is 0 Å². The fourth-order valence-corrected chi connectivity index (χ4v) is 1.99. The molecule has 2 N–H and O–H groups in total. The number of hydrogen-bond acceptors (Lipinski definition) is 2. The van der Waals surface area contributed by atoms with Crippen LogP contribution in [-0.2, 0) is 0 Å². The molecule has 0 aromatic carbocycles. The molecule has 0 spiro atoms. The molecule has 0 aromatic rings. The lowest BCUT2D eigenvalue weighted by molar-refractivity contribution is 0.0727. The van der Waals surface area contributed by atoms with E-state index in [0.29, 0.717) is 11.8 Å². The van der Waals surface area contributed by atoms with E-state index in [4.69, 9.17) is 0 Å². The molecule has 11 heavy (non-hydrogen) atoms. The molecule has 0 aromatic heterocycles. The molecule has 0 radical (unpaired) electrons. The van der Waals surface area contributed by atoms with Crippen LogP contribution in [0.5, 0.6) is 0 Å². The minimum Gasteiger partial charge on any atom is -0.393 e. The SMILES string of the molecule is OC(C1CC1)C1CCCNC1. The van der Waals surface area contributed by atoms with Crippen molar-refractivity contribution in [3.63, 3.8) is 0 Å². The Balaban J connectivity index is 1.81. The van der Waals surface area contributed by atoms with Gasteiger partial charge in [0.05, 0.1) is 6.10 Å². The average molecular weight is 155 g/mol. The van der Waals surface area contributed by atoms with E-state index >= 15 is 0 Å². The number of piperidine rings is 1. The molecule has 2 atom stereocenters. The summed E-state index contributed by atoms with van der Waals surface area (Å²) in [4.78, 5) is 0. The monoisotopic (exact) mass is 155 g/mol. The van der Waals surface area contributed by atoms with Gasteiger partial charge >= 0.3 is 0 Å². The Morgan fingerprint density at radius 3 is 2.55 bits per heavy atom. The lowest BCUT2D eigenvalue weighted by Gasteiger charge is -2.27.